The molecular weight excluding hydrogens is 220 g/mol. The second kappa shape index (κ2) is 7.09. The molecule has 17 heavy (non-hydrogen) atoms. The first-order valence-electron chi connectivity index (χ1n) is 5.81. The molecule has 0 aromatic carbocycles. The SMILES string of the molecule is CCO/C=C(\C=O)C(C(=O)OCC)C(C)(C)C. The standard InChI is InChI=1S/C13H22O4/c1-6-16-9-10(8-14)11(13(3,4)5)12(15)17-7-2/h8-9,11H,6-7H2,1-5H3/b10-9+. The quantitative estimate of drug-likeness (QED) is 0.310. The zero-order valence-electron chi connectivity index (χ0n) is 11.3. The number of esters is 1. The van der Waals surface area contributed by atoms with Gasteiger partial charge in [0.25, 0.3) is 0 Å². The van der Waals surface area contributed by atoms with Gasteiger partial charge in [0.15, 0.2) is 0 Å². The van der Waals surface area contributed by atoms with Crippen LogP contribution in [0.5, 0.6) is 0 Å². The number of hydrogen-bond donors (Lipinski definition) is 0. The molecule has 0 heterocycles. The Bertz CT molecular complexity index is 286. The number of hydrogen-bond acceptors (Lipinski definition) is 4. The van der Waals surface area contributed by atoms with Gasteiger partial charge < -0.3 is 9.47 Å². The van der Waals surface area contributed by atoms with Crippen molar-refractivity contribution in [3.8, 4) is 0 Å². The monoisotopic (exact) mass is 242 g/mol. The van der Waals surface area contributed by atoms with E-state index in [0.717, 1.165) is 0 Å². The van der Waals surface area contributed by atoms with E-state index in [1.807, 2.05) is 27.7 Å². The zero-order valence-corrected chi connectivity index (χ0v) is 11.3. The van der Waals surface area contributed by atoms with Gasteiger partial charge in [-0.1, -0.05) is 20.8 Å². The van der Waals surface area contributed by atoms with E-state index < -0.39 is 17.3 Å². The molecule has 4 heteroatoms. The fraction of sp³-hybridized carbons (Fsp3) is 0.692. The molecule has 0 saturated carbocycles. The summed E-state index contributed by atoms with van der Waals surface area (Å²) in [4.78, 5) is 22.9. The fourth-order valence-corrected chi connectivity index (χ4v) is 1.56. The van der Waals surface area contributed by atoms with Crippen LogP contribution in [0.1, 0.15) is 34.6 Å². The van der Waals surface area contributed by atoms with E-state index in [0.29, 0.717) is 25.1 Å². The van der Waals surface area contributed by atoms with Crippen LogP contribution in [0, 0.1) is 11.3 Å². The third-order valence-corrected chi connectivity index (χ3v) is 2.24. The van der Waals surface area contributed by atoms with Crippen LogP contribution < -0.4 is 0 Å². The van der Waals surface area contributed by atoms with Gasteiger partial charge >= 0.3 is 5.97 Å². The Morgan fingerprint density at radius 2 is 1.82 bits per heavy atom. The molecule has 1 atom stereocenters. The van der Waals surface area contributed by atoms with Crippen molar-refractivity contribution in [2.24, 2.45) is 11.3 Å². The first kappa shape index (κ1) is 15.7. The van der Waals surface area contributed by atoms with Crippen LogP contribution in [0.3, 0.4) is 0 Å². The highest BCUT2D eigenvalue weighted by Crippen LogP contribution is 2.32. The van der Waals surface area contributed by atoms with Crippen molar-refractivity contribution in [1.29, 1.82) is 0 Å². The smallest absolute Gasteiger partial charge is 0.314 e. The third-order valence-electron chi connectivity index (χ3n) is 2.24. The van der Waals surface area contributed by atoms with Crippen LogP contribution in [-0.4, -0.2) is 25.5 Å². The fourth-order valence-electron chi connectivity index (χ4n) is 1.56. The highest BCUT2D eigenvalue weighted by atomic mass is 16.5. The van der Waals surface area contributed by atoms with Crippen LogP contribution in [0.2, 0.25) is 0 Å². The zero-order chi connectivity index (χ0) is 13.5. The van der Waals surface area contributed by atoms with Gasteiger partial charge in [0.1, 0.15) is 6.29 Å². The lowest BCUT2D eigenvalue weighted by molar-refractivity contribution is -0.150. The Morgan fingerprint density at radius 3 is 2.18 bits per heavy atom. The molecule has 1 unspecified atom stereocenters. The van der Waals surface area contributed by atoms with E-state index in [-0.39, 0.29) is 0 Å². The summed E-state index contributed by atoms with van der Waals surface area (Å²) < 4.78 is 10.1. The number of aldehydes is 1. The van der Waals surface area contributed by atoms with E-state index >= 15 is 0 Å². The Balaban J connectivity index is 5.15. The Kier molecular flexibility index (Phi) is 6.54. The van der Waals surface area contributed by atoms with Crippen molar-refractivity contribution >= 4 is 12.3 Å². The number of ether oxygens (including phenoxy) is 2. The molecule has 4 nitrogen and oxygen atoms in total. The molecule has 0 aromatic rings. The summed E-state index contributed by atoms with van der Waals surface area (Å²) in [5.74, 6) is -0.996. The molecule has 0 radical (unpaired) electrons. The Labute approximate surface area is 103 Å². The van der Waals surface area contributed by atoms with Crippen LogP contribution >= 0.6 is 0 Å². The number of carbonyl (C=O) groups excluding carboxylic acids is 2. The molecule has 0 N–H and O–H groups in total. The summed E-state index contributed by atoms with van der Waals surface area (Å²) in [6.07, 6.45) is 2.00. The average molecular weight is 242 g/mol. The minimum Gasteiger partial charge on any atom is -0.501 e. The van der Waals surface area contributed by atoms with Crippen molar-refractivity contribution in [2.75, 3.05) is 13.2 Å². The minimum atomic E-state index is -0.605. The van der Waals surface area contributed by atoms with Gasteiger partial charge in [0, 0.05) is 5.57 Å². The Morgan fingerprint density at radius 1 is 1.24 bits per heavy atom. The molecule has 0 amide bonds. The lowest BCUT2D eigenvalue weighted by Gasteiger charge is -2.28. The summed E-state index contributed by atoms with van der Waals surface area (Å²) in [5.41, 5.74) is -0.0754. The van der Waals surface area contributed by atoms with Crippen molar-refractivity contribution in [3.63, 3.8) is 0 Å². The lowest BCUT2D eigenvalue weighted by Crippen LogP contribution is -2.32. The van der Waals surface area contributed by atoms with E-state index in [2.05, 4.69) is 0 Å². The van der Waals surface area contributed by atoms with Crippen LogP contribution in [0.25, 0.3) is 0 Å². The molecule has 0 bridgehead atoms. The summed E-state index contributed by atoms with van der Waals surface area (Å²) >= 11 is 0. The normalized spacial score (nSPS) is 14.1. The van der Waals surface area contributed by atoms with E-state index in [1.54, 1.807) is 6.92 Å². The first-order valence-corrected chi connectivity index (χ1v) is 5.81. The molecule has 0 spiro atoms. The van der Waals surface area contributed by atoms with Gasteiger partial charge in [0.2, 0.25) is 0 Å². The first-order chi connectivity index (χ1) is 7.88. The second-order valence-corrected chi connectivity index (χ2v) is 4.74. The van der Waals surface area contributed by atoms with E-state index in [9.17, 15) is 9.59 Å². The molecule has 0 aromatic heterocycles. The van der Waals surface area contributed by atoms with Gasteiger partial charge in [-0.15, -0.1) is 0 Å². The molecule has 0 fully saturated rings. The average Bonchev–Trinajstić information content (AvgIpc) is 2.22. The maximum absolute atomic E-state index is 11.9. The van der Waals surface area contributed by atoms with Crippen molar-refractivity contribution in [1.82, 2.24) is 0 Å². The summed E-state index contributed by atoms with van der Waals surface area (Å²) in [5, 5.41) is 0. The van der Waals surface area contributed by atoms with E-state index in [4.69, 9.17) is 9.47 Å². The molecular formula is C13H22O4. The largest absolute Gasteiger partial charge is 0.501 e. The Hall–Kier alpha value is -1.32. The molecule has 0 saturated heterocycles. The van der Waals surface area contributed by atoms with Gasteiger partial charge in [-0.25, -0.2) is 0 Å². The van der Waals surface area contributed by atoms with Gasteiger partial charge in [-0.3, -0.25) is 9.59 Å². The van der Waals surface area contributed by atoms with Gasteiger partial charge in [-0.05, 0) is 19.3 Å². The predicted octanol–water partition coefficient (Wildman–Crippen LogP) is 2.33. The van der Waals surface area contributed by atoms with Crippen LogP contribution in [-0.2, 0) is 19.1 Å². The summed E-state index contributed by atoms with van der Waals surface area (Å²) in [6, 6.07) is 0. The highest BCUT2D eigenvalue weighted by Gasteiger charge is 2.36. The highest BCUT2D eigenvalue weighted by molar-refractivity contribution is 5.87. The third kappa shape index (κ3) is 5.02. The maximum atomic E-state index is 11.9. The van der Waals surface area contributed by atoms with Crippen LogP contribution in [0.15, 0.2) is 11.8 Å². The molecule has 0 aliphatic rings. The van der Waals surface area contributed by atoms with Gasteiger partial charge in [0.05, 0.1) is 25.4 Å². The van der Waals surface area contributed by atoms with Crippen molar-refractivity contribution in [3.05, 3.63) is 11.8 Å². The number of carbonyl (C=O) groups is 2. The molecule has 0 aliphatic heterocycles. The van der Waals surface area contributed by atoms with Crippen LogP contribution in [0.4, 0.5) is 0 Å². The molecule has 0 aliphatic carbocycles. The minimum absolute atomic E-state index is 0.298. The maximum Gasteiger partial charge on any atom is 0.314 e. The molecule has 0 rings (SSSR count). The lowest BCUT2D eigenvalue weighted by atomic mass is 9.77. The van der Waals surface area contributed by atoms with Crippen molar-refractivity contribution in [2.45, 2.75) is 34.6 Å². The van der Waals surface area contributed by atoms with Crippen molar-refractivity contribution < 1.29 is 19.1 Å². The van der Waals surface area contributed by atoms with Gasteiger partial charge in [-0.2, -0.15) is 0 Å². The second-order valence-electron chi connectivity index (χ2n) is 4.74. The topological polar surface area (TPSA) is 52.6 Å². The summed E-state index contributed by atoms with van der Waals surface area (Å²) in [6.45, 7) is 9.97. The molecule has 98 valence electrons. The summed E-state index contributed by atoms with van der Waals surface area (Å²) in [7, 11) is 0. The number of rotatable bonds is 6. The predicted molar refractivity (Wildman–Crippen MR) is 65.4 cm³/mol. The van der Waals surface area contributed by atoms with E-state index in [1.165, 1.54) is 6.26 Å².